The zero-order valence-electron chi connectivity index (χ0n) is 8.68. The molecule has 2 aromatic carbocycles. The largest absolute Gasteiger partial charge is 0.485 e. The molecule has 0 saturated carbocycles. The van der Waals surface area contributed by atoms with Gasteiger partial charge in [0.2, 0.25) is 0 Å². The zero-order chi connectivity index (χ0) is 10.5. The van der Waals surface area contributed by atoms with E-state index in [2.05, 4.69) is 18.2 Å². The molecule has 0 N–H and O–H groups in total. The Morgan fingerprint density at radius 3 is 2.40 bits per heavy atom. The van der Waals surface area contributed by atoms with Crippen LogP contribution >= 0.6 is 0 Å². The van der Waals surface area contributed by atoms with E-state index < -0.39 is 0 Å². The maximum absolute atomic E-state index is 5.74. The minimum atomic E-state index is 0.0600. The van der Waals surface area contributed by atoms with Crippen LogP contribution in [0.4, 0.5) is 0 Å². The Labute approximate surface area is 90.3 Å². The second kappa shape index (κ2) is 4.65. The average Bonchev–Trinajstić information content (AvgIpc) is 2.31. The van der Waals surface area contributed by atoms with Crippen LogP contribution in [0.5, 0.6) is 5.75 Å². The molecule has 75 valence electrons. The van der Waals surface area contributed by atoms with Gasteiger partial charge in [-0.2, -0.15) is 0 Å². The molecule has 0 saturated heterocycles. The number of para-hydroxylation sites is 1. The first-order valence-corrected chi connectivity index (χ1v) is 5.04. The summed E-state index contributed by atoms with van der Waals surface area (Å²) in [6.45, 7) is 2.04. The molecule has 0 fully saturated rings. The second-order valence-electron chi connectivity index (χ2n) is 3.40. The third-order valence-corrected chi connectivity index (χ3v) is 2.25. The highest BCUT2D eigenvalue weighted by Gasteiger charge is 2.05. The molecule has 0 aliphatic carbocycles. The van der Waals surface area contributed by atoms with Gasteiger partial charge in [0.25, 0.3) is 0 Å². The molecule has 0 aliphatic rings. The van der Waals surface area contributed by atoms with Gasteiger partial charge in [-0.1, -0.05) is 48.5 Å². The molecule has 0 bridgehead atoms. The summed E-state index contributed by atoms with van der Waals surface area (Å²) < 4.78 is 5.74. The van der Waals surface area contributed by atoms with E-state index in [9.17, 15) is 0 Å². The van der Waals surface area contributed by atoms with E-state index in [4.69, 9.17) is 4.74 Å². The maximum atomic E-state index is 5.74. The van der Waals surface area contributed by atoms with Crippen LogP contribution in [-0.4, -0.2) is 0 Å². The van der Waals surface area contributed by atoms with Crippen LogP contribution in [0.1, 0.15) is 18.6 Å². The molecule has 0 aromatic heterocycles. The molecular formula is C14H13O. The predicted octanol–water partition coefficient (Wildman–Crippen LogP) is 3.63. The van der Waals surface area contributed by atoms with E-state index >= 15 is 0 Å². The highest BCUT2D eigenvalue weighted by atomic mass is 16.5. The molecule has 1 radical (unpaired) electrons. The van der Waals surface area contributed by atoms with Gasteiger partial charge in [0.15, 0.2) is 0 Å². The van der Waals surface area contributed by atoms with E-state index in [0.29, 0.717) is 0 Å². The van der Waals surface area contributed by atoms with Crippen LogP contribution in [-0.2, 0) is 0 Å². The molecule has 1 atom stereocenters. The molecule has 2 rings (SSSR count). The lowest BCUT2D eigenvalue weighted by Gasteiger charge is -2.14. The molecule has 0 amide bonds. The van der Waals surface area contributed by atoms with Gasteiger partial charge in [0.05, 0.1) is 0 Å². The van der Waals surface area contributed by atoms with Crippen LogP contribution in [0.2, 0.25) is 0 Å². The van der Waals surface area contributed by atoms with Crippen molar-refractivity contribution in [3.63, 3.8) is 0 Å². The molecule has 1 heteroatoms. The summed E-state index contributed by atoms with van der Waals surface area (Å²) in [5.74, 6) is 0.786. The summed E-state index contributed by atoms with van der Waals surface area (Å²) in [4.78, 5) is 0. The second-order valence-corrected chi connectivity index (χ2v) is 3.40. The molecular weight excluding hydrogens is 184 g/mol. The van der Waals surface area contributed by atoms with Gasteiger partial charge in [-0.15, -0.1) is 0 Å². The number of rotatable bonds is 3. The van der Waals surface area contributed by atoms with Crippen molar-refractivity contribution in [2.45, 2.75) is 13.0 Å². The summed E-state index contributed by atoms with van der Waals surface area (Å²) in [5, 5.41) is 0. The van der Waals surface area contributed by atoms with Crippen molar-refractivity contribution in [1.29, 1.82) is 0 Å². The maximum Gasteiger partial charge on any atom is 0.128 e. The van der Waals surface area contributed by atoms with Crippen LogP contribution in [0.3, 0.4) is 0 Å². The Balaban J connectivity index is 2.08. The van der Waals surface area contributed by atoms with E-state index in [1.807, 2.05) is 49.4 Å². The van der Waals surface area contributed by atoms with Crippen molar-refractivity contribution in [1.82, 2.24) is 0 Å². The van der Waals surface area contributed by atoms with Gasteiger partial charge in [0.1, 0.15) is 11.9 Å². The van der Waals surface area contributed by atoms with Gasteiger partial charge in [-0.25, -0.2) is 0 Å². The third-order valence-electron chi connectivity index (χ3n) is 2.25. The Morgan fingerprint density at radius 1 is 1.00 bits per heavy atom. The monoisotopic (exact) mass is 197 g/mol. The molecule has 1 unspecified atom stereocenters. The zero-order valence-corrected chi connectivity index (χ0v) is 8.68. The van der Waals surface area contributed by atoms with E-state index in [1.165, 1.54) is 5.56 Å². The molecule has 0 spiro atoms. The van der Waals surface area contributed by atoms with Crippen LogP contribution in [0.25, 0.3) is 0 Å². The lowest BCUT2D eigenvalue weighted by atomic mass is 10.1. The topological polar surface area (TPSA) is 9.23 Å². The van der Waals surface area contributed by atoms with Gasteiger partial charge < -0.3 is 4.74 Å². The fourth-order valence-electron chi connectivity index (χ4n) is 1.43. The minimum Gasteiger partial charge on any atom is -0.485 e. The smallest absolute Gasteiger partial charge is 0.128 e. The SMILES string of the molecule is CC(Oc1[c]cccc1)c1ccccc1. The minimum absolute atomic E-state index is 0.0600. The Morgan fingerprint density at radius 2 is 1.73 bits per heavy atom. The number of ether oxygens (including phenoxy) is 1. The van der Waals surface area contributed by atoms with E-state index in [1.54, 1.807) is 0 Å². The lowest BCUT2D eigenvalue weighted by molar-refractivity contribution is 0.226. The van der Waals surface area contributed by atoms with Crippen LogP contribution in [0, 0.1) is 6.07 Å². The van der Waals surface area contributed by atoms with Crippen molar-refractivity contribution in [3.8, 4) is 5.75 Å². The third kappa shape index (κ3) is 2.59. The predicted molar refractivity (Wildman–Crippen MR) is 60.8 cm³/mol. The number of benzene rings is 2. The van der Waals surface area contributed by atoms with E-state index in [-0.39, 0.29) is 6.10 Å². The summed E-state index contributed by atoms with van der Waals surface area (Å²) in [7, 11) is 0. The van der Waals surface area contributed by atoms with Crippen LogP contribution in [0.15, 0.2) is 54.6 Å². The summed E-state index contributed by atoms with van der Waals surface area (Å²) in [5.41, 5.74) is 1.18. The Kier molecular flexibility index (Phi) is 3.03. The van der Waals surface area contributed by atoms with Gasteiger partial charge >= 0.3 is 0 Å². The van der Waals surface area contributed by atoms with Crippen molar-refractivity contribution in [2.75, 3.05) is 0 Å². The first kappa shape index (κ1) is 9.78. The summed E-state index contributed by atoms with van der Waals surface area (Å²) >= 11 is 0. The molecule has 1 nitrogen and oxygen atoms in total. The summed E-state index contributed by atoms with van der Waals surface area (Å²) in [6, 6.07) is 20.9. The lowest BCUT2D eigenvalue weighted by Crippen LogP contribution is -2.02. The molecule has 15 heavy (non-hydrogen) atoms. The fraction of sp³-hybridized carbons (Fsp3) is 0.143. The summed E-state index contributed by atoms with van der Waals surface area (Å²) in [6.07, 6.45) is 0.0600. The number of hydrogen-bond acceptors (Lipinski definition) is 1. The van der Waals surface area contributed by atoms with Crippen molar-refractivity contribution in [3.05, 3.63) is 66.2 Å². The standard InChI is InChI=1S/C14H13O/c1-12(13-8-4-2-5-9-13)15-14-10-6-3-7-11-14/h2-10,12H,1H3. The molecule has 0 heterocycles. The highest BCUT2D eigenvalue weighted by molar-refractivity contribution is 5.23. The Hall–Kier alpha value is -1.76. The average molecular weight is 197 g/mol. The highest BCUT2D eigenvalue weighted by Crippen LogP contribution is 2.20. The molecule has 0 aliphatic heterocycles. The first-order valence-electron chi connectivity index (χ1n) is 5.04. The van der Waals surface area contributed by atoms with Crippen molar-refractivity contribution < 1.29 is 4.74 Å². The quantitative estimate of drug-likeness (QED) is 0.730. The first-order chi connectivity index (χ1) is 7.36. The van der Waals surface area contributed by atoms with E-state index in [0.717, 1.165) is 5.75 Å². The van der Waals surface area contributed by atoms with Crippen molar-refractivity contribution >= 4 is 0 Å². The van der Waals surface area contributed by atoms with Gasteiger partial charge in [-0.05, 0) is 18.6 Å². The number of hydrogen-bond donors (Lipinski definition) is 0. The Bertz CT molecular complexity index is 394. The molecule has 2 aromatic rings. The normalized spacial score (nSPS) is 12.1. The van der Waals surface area contributed by atoms with Crippen molar-refractivity contribution in [2.24, 2.45) is 0 Å². The van der Waals surface area contributed by atoms with Crippen LogP contribution < -0.4 is 4.74 Å². The van der Waals surface area contributed by atoms with Gasteiger partial charge in [-0.3, -0.25) is 0 Å². The fourth-order valence-corrected chi connectivity index (χ4v) is 1.43. The van der Waals surface area contributed by atoms with Gasteiger partial charge in [0, 0.05) is 6.07 Å².